The van der Waals surface area contributed by atoms with Gasteiger partial charge in [0.25, 0.3) is 0 Å². The van der Waals surface area contributed by atoms with Crippen molar-refractivity contribution in [3.05, 3.63) is 24.0 Å². The van der Waals surface area contributed by atoms with Crippen LogP contribution in [0.5, 0.6) is 0 Å². The molecule has 0 radical (unpaired) electrons. The number of halogens is 1. The molecule has 0 spiro atoms. The van der Waals surface area contributed by atoms with Crippen LogP contribution in [0, 0.1) is 11.7 Å². The minimum Gasteiger partial charge on any atom is -0.397 e. The zero-order chi connectivity index (χ0) is 10.8. The van der Waals surface area contributed by atoms with Crippen LogP contribution in [0.1, 0.15) is 26.2 Å². The lowest BCUT2D eigenvalue weighted by atomic mass is 9.80. The third-order valence-corrected chi connectivity index (χ3v) is 3.25. The molecule has 0 aliphatic heterocycles. The van der Waals surface area contributed by atoms with Crippen LogP contribution < -0.4 is 11.1 Å². The second-order valence-corrected chi connectivity index (χ2v) is 4.36. The summed E-state index contributed by atoms with van der Waals surface area (Å²) in [5, 5.41) is 3.35. The molecule has 1 aliphatic carbocycles. The fourth-order valence-electron chi connectivity index (χ4n) is 1.97. The molecule has 0 bridgehead atoms. The maximum atomic E-state index is 12.8. The van der Waals surface area contributed by atoms with Crippen LogP contribution >= 0.6 is 0 Å². The Balaban J connectivity index is 2.03. The molecule has 1 aliphatic rings. The standard InChI is InChI=1S/C12H17FN2/c1-8(9-3-2-4-9)15-12-6-5-10(13)7-11(12)14/h5-9,15H,2-4,14H2,1H3. The lowest BCUT2D eigenvalue weighted by molar-refractivity contribution is 0.285. The Morgan fingerprint density at radius 3 is 2.73 bits per heavy atom. The Kier molecular flexibility index (Phi) is 2.80. The fourth-order valence-corrected chi connectivity index (χ4v) is 1.97. The van der Waals surface area contributed by atoms with Crippen LogP contribution in [0.4, 0.5) is 15.8 Å². The van der Waals surface area contributed by atoms with Crippen LogP contribution in [-0.2, 0) is 0 Å². The van der Waals surface area contributed by atoms with Crippen molar-refractivity contribution < 1.29 is 4.39 Å². The molecule has 1 saturated carbocycles. The van der Waals surface area contributed by atoms with E-state index in [4.69, 9.17) is 5.73 Å². The fraction of sp³-hybridized carbons (Fsp3) is 0.500. The molecule has 0 saturated heterocycles. The van der Waals surface area contributed by atoms with E-state index in [1.165, 1.54) is 31.4 Å². The maximum Gasteiger partial charge on any atom is 0.125 e. The van der Waals surface area contributed by atoms with Crippen molar-refractivity contribution in [1.82, 2.24) is 0 Å². The van der Waals surface area contributed by atoms with Gasteiger partial charge in [0, 0.05) is 6.04 Å². The predicted octanol–water partition coefficient (Wildman–Crippen LogP) is 3.01. The highest BCUT2D eigenvalue weighted by Gasteiger charge is 2.23. The number of rotatable bonds is 3. The Hall–Kier alpha value is -1.25. The van der Waals surface area contributed by atoms with Crippen molar-refractivity contribution in [2.24, 2.45) is 5.92 Å². The molecule has 3 heteroatoms. The van der Waals surface area contributed by atoms with Gasteiger partial charge in [0.2, 0.25) is 0 Å². The molecule has 1 aromatic rings. The molecule has 2 rings (SSSR count). The van der Waals surface area contributed by atoms with E-state index in [0.29, 0.717) is 11.7 Å². The average molecular weight is 208 g/mol. The molecule has 0 aromatic heterocycles. The summed E-state index contributed by atoms with van der Waals surface area (Å²) < 4.78 is 12.8. The molecular weight excluding hydrogens is 191 g/mol. The number of nitrogens with two attached hydrogens (primary N) is 1. The SMILES string of the molecule is CC(Nc1ccc(F)cc1N)C1CCC1. The van der Waals surface area contributed by atoms with Crippen molar-refractivity contribution in [2.75, 3.05) is 11.1 Å². The van der Waals surface area contributed by atoms with Crippen LogP contribution in [0.2, 0.25) is 0 Å². The topological polar surface area (TPSA) is 38.0 Å². The predicted molar refractivity (Wildman–Crippen MR) is 61.2 cm³/mol. The van der Waals surface area contributed by atoms with Crippen LogP contribution in [0.3, 0.4) is 0 Å². The molecule has 82 valence electrons. The smallest absolute Gasteiger partial charge is 0.125 e. The largest absolute Gasteiger partial charge is 0.397 e. The highest BCUT2D eigenvalue weighted by Crippen LogP contribution is 2.32. The Bertz CT molecular complexity index is 347. The lowest BCUT2D eigenvalue weighted by Gasteiger charge is -2.32. The molecule has 0 heterocycles. The van der Waals surface area contributed by atoms with Gasteiger partial charge in [-0.1, -0.05) is 6.42 Å². The van der Waals surface area contributed by atoms with Crippen LogP contribution in [0.25, 0.3) is 0 Å². The van der Waals surface area contributed by atoms with Gasteiger partial charge in [-0.15, -0.1) is 0 Å². The van der Waals surface area contributed by atoms with Crippen molar-refractivity contribution in [3.8, 4) is 0 Å². The number of nitrogens with one attached hydrogen (secondary N) is 1. The van der Waals surface area contributed by atoms with Gasteiger partial charge in [0.05, 0.1) is 11.4 Å². The number of anilines is 2. The van der Waals surface area contributed by atoms with Gasteiger partial charge in [-0.25, -0.2) is 4.39 Å². The minimum atomic E-state index is -0.283. The van der Waals surface area contributed by atoms with Gasteiger partial charge in [0.1, 0.15) is 5.82 Å². The molecule has 1 atom stereocenters. The zero-order valence-electron chi connectivity index (χ0n) is 8.96. The highest BCUT2D eigenvalue weighted by molar-refractivity contribution is 5.66. The van der Waals surface area contributed by atoms with E-state index in [0.717, 1.165) is 11.6 Å². The van der Waals surface area contributed by atoms with E-state index in [9.17, 15) is 4.39 Å². The second-order valence-electron chi connectivity index (χ2n) is 4.36. The molecular formula is C12H17FN2. The Labute approximate surface area is 89.7 Å². The second kappa shape index (κ2) is 4.09. The third-order valence-electron chi connectivity index (χ3n) is 3.25. The molecule has 0 amide bonds. The van der Waals surface area contributed by atoms with Gasteiger partial charge in [0.15, 0.2) is 0 Å². The minimum absolute atomic E-state index is 0.283. The summed E-state index contributed by atoms with van der Waals surface area (Å²) in [6, 6.07) is 4.92. The van der Waals surface area contributed by atoms with Gasteiger partial charge in [-0.2, -0.15) is 0 Å². The first-order valence-corrected chi connectivity index (χ1v) is 5.48. The van der Waals surface area contributed by atoms with Crippen molar-refractivity contribution in [2.45, 2.75) is 32.2 Å². The third kappa shape index (κ3) is 2.22. The van der Waals surface area contributed by atoms with Gasteiger partial charge < -0.3 is 11.1 Å². The molecule has 1 aromatic carbocycles. The normalized spacial score (nSPS) is 18.3. The first-order chi connectivity index (χ1) is 7.16. The number of benzene rings is 1. The maximum absolute atomic E-state index is 12.8. The average Bonchev–Trinajstić information content (AvgIpc) is 2.07. The Morgan fingerprint density at radius 2 is 2.20 bits per heavy atom. The Morgan fingerprint density at radius 1 is 1.47 bits per heavy atom. The first-order valence-electron chi connectivity index (χ1n) is 5.48. The molecule has 15 heavy (non-hydrogen) atoms. The summed E-state index contributed by atoms with van der Waals surface area (Å²) in [5.74, 6) is 0.462. The lowest BCUT2D eigenvalue weighted by Crippen LogP contribution is -2.31. The van der Waals surface area contributed by atoms with Crippen molar-refractivity contribution in [1.29, 1.82) is 0 Å². The first kappa shape index (κ1) is 10.3. The summed E-state index contributed by atoms with van der Waals surface area (Å²) in [7, 11) is 0. The van der Waals surface area contributed by atoms with Gasteiger partial charge in [-0.05, 0) is 43.9 Å². The number of hydrogen-bond acceptors (Lipinski definition) is 2. The van der Waals surface area contributed by atoms with Crippen molar-refractivity contribution >= 4 is 11.4 Å². The molecule has 2 nitrogen and oxygen atoms in total. The summed E-state index contributed by atoms with van der Waals surface area (Å²) in [6.45, 7) is 2.16. The van der Waals surface area contributed by atoms with Crippen molar-refractivity contribution in [3.63, 3.8) is 0 Å². The zero-order valence-corrected chi connectivity index (χ0v) is 8.96. The van der Waals surface area contributed by atoms with E-state index in [1.807, 2.05) is 0 Å². The van der Waals surface area contributed by atoms with Gasteiger partial charge >= 0.3 is 0 Å². The highest BCUT2D eigenvalue weighted by atomic mass is 19.1. The summed E-state index contributed by atoms with van der Waals surface area (Å²) >= 11 is 0. The number of hydrogen-bond donors (Lipinski definition) is 2. The van der Waals surface area contributed by atoms with E-state index in [2.05, 4.69) is 12.2 Å². The summed E-state index contributed by atoms with van der Waals surface area (Å²) in [6.07, 6.45) is 3.90. The van der Waals surface area contributed by atoms with Crippen LogP contribution in [-0.4, -0.2) is 6.04 Å². The summed E-state index contributed by atoms with van der Waals surface area (Å²) in [5.41, 5.74) is 7.06. The molecule has 3 N–H and O–H groups in total. The quantitative estimate of drug-likeness (QED) is 0.749. The monoisotopic (exact) mass is 208 g/mol. The molecule has 1 unspecified atom stereocenters. The van der Waals surface area contributed by atoms with E-state index in [-0.39, 0.29) is 5.82 Å². The van der Waals surface area contributed by atoms with E-state index < -0.39 is 0 Å². The van der Waals surface area contributed by atoms with E-state index >= 15 is 0 Å². The van der Waals surface area contributed by atoms with E-state index in [1.54, 1.807) is 6.07 Å². The van der Waals surface area contributed by atoms with Crippen LogP contribution in [0.15, 0.2) is 18.2 Å². The molecule has 1 fully saturated rings. The number of nitrogen functional groups attached to an aromatic ring is 1. The summed E-state index contributed by atoms with van der Waals surface area (Å²) in [4.78, 5) is 0. The van der Waals surface area contributed by atoms with Gasteiger partial charge in [-0.3, -0.25) is 0 Å².